The van der Waals surface area contributed by atoms with Gasteiger partial charge in [-0.05, 0) is 27.8 Å². The molecule has 3 rings (SSSR count). The zero-order valence-corrected chi connectivity index (χ0v) is 14.8. The van der Waals surface area contributed by atoms with Gasteiger partial charge in [0.15, 0.2) is 0 Å². The number of halogens is 2. The van der Waals surface area contributed by atoms with Gasteiger partial charge in [0.1, 0.15) is 4.84 Å². The first-order valence-corrected chi connectivity index (χ1v) is 8.82. The van der Waals surface area contributed by atoms with Gasteiger partial charge >= 0.3 is 0 Å². The van der Waals surface area contributed by atoms with E-state index in [4.69, 9.17) is 23.2 Å². The van der Waals surface area contributed by atoms with Crippen LogP contribution < -0.4 is 5.32 Å². The Morgan fingerprint density at radius 1 is 0.667 bits per heavy atom. The maximum atomic E-state index is 6.02. The van der Waals surface area contributed by atoms with E-state index in [1.165, 1.54) is 16.7 Å². The quantitative estimate of drug-likeness (QED) is 0.525. The maximum absolute atomic E-state index is 6.02. The van der Waals surface area contributed by atoms with E-state index in [0.29, 0.717) is 0 Å². The number of hydrogen-bond donors (Lipinski definition) is 1. The molecule has 0 saturated carbocycles. The molecular formula is C21H19Cl2N. The molecular weight excluding hydrogens is 337 g/mol. The predicted octanol–water partition coefficient (Wildman–Crippen LogP) is 6.12. The summed E-state index contributed by atoms with van der Waals surface area (Å²) in [5.41, 5.74) is 5.82. The molecule has 0 heterocycles. The Kier molecular flexibility index (Phi) is 5.92. The Balaban J connectivity index is 1.60. The largest absolute Gasteiger partial charge is 0.309 e. The Morgan fingerprint density at radius 2 is 1.29 bits per heavy atom. The Labute approximate surface area is 153 Å². The van der Waals surface area contributed by atoms with Crippen molar-refractivity contribution in [1.82, 2.24) is 5.32 Å². The zero-order chi connectivity index (χ0) is 16.8. The molecule has 0 saturated heterocycles. The van der Waals surface area contributed by atoms with Gasteiger partial charge in [-0.25, -0.2) is 0 Å². The van der Waals surface area contributed by atoms with Crippen molar-refractivity contribution in [3.05, 3.63) is 95.6 Å². The van der Waals surface area contributed by atoms with Gasteiger partial charge in [-0.3, -0.25) is 0 Å². The summed E-state index contributed by atoms with van der Waals surface area (Å²) in [6.07, 6.45) is 0. The molecule has 3 heteroatoms. The minimum atomic E-state index is -0.492. The molecule has 0 spiro atoms. The smallest absolute Gasteiger partial charge is 0.133 e. The molecule has 0 aliphatic carbocycles. The van der Waals surface area contributed by atoms with Crippen molar-refractivity contribution in [3.8, 4) is 11.1 Å². The number of alkyl halides is 2. The third-order valence-corrected chi connectivity index (χ3v) is 4.47. The predicted molar refractivity (Wildman–Crippen MR) is 103 cm³/mol. The van der Waals surface area contributed by atoms with Crippen LogP contribution in [0.1, 0.15) is 21.5 Å². The van der Waals surface area contributed by atoms with E-state index in [1.807, 2.05) is 24.3 Å². The third kappa shape index (κ3) is 4.39. The van der Waals surface area contributed by atoms with Gasteiger partial charge in [0.2, 0.25) is 0 Å². The summed E-state index contributed by atoms with van der Waals surface area (Å²) in [4.78, 5) is -0.492. The minimum Gasteiger partial charge on any atom is -0.309 e. The van der Waals surface area contributed by atoms with Gasteiger partial charge in [0.05, 0.1) is 0 Å². The average molecular weight is 356 g/mol. The number of hydrogen-bond acceptors (Lipinski definition) is 1. The van der Waals surface area contributed by atoms with Crippen LogP contribution in [0.15, 0.2) is 78.9 Å². The molecule has 0 unspecified atom stereocenters. The van der Waals surface area contributed by atoms with E-state index in [-0.39, 0.29) is 0 Å². The summed E-state index contributed by atoms with van der Waals surface area (Å²) in [6, 6.07) is 27.0. The average Bonchev–Trinajstić information content (AvgIpc) is 2.63. The Bertz CT molecular complexity index is 767. The van der Waals surface area contributed by atoms with Crippen molar-refractivity contribution in [3.63, 3.8) is 0 Å². The van der Waals surface area contributed by atoms with E-state index in [2.05, 4.69) is 59.9 Å². The molecule has 0 aliphatic heterocycles. The normalized spacial score (nSPS) is 11.0. The van der Waals surface area contributed by atoms with Crippen molar-refractivity contribution < 1.29 is 0 Å². The van der Waals surface area contributed by atoms with E-state index in [0.717, 1.165) is 24.2 Å². The highest BCUT2D eigenvalue weighted by Gasteiger charge is 2.08. The number of benzene rings is 3. The lowest BCUT2D eigenvalue weighted by Crippen LogP contribution is -2.14. The van der Waals surface area contributed by atoms with Gasteiger partial charge < -0.3 is 5.32 Å². The number of rotatable bonds is 6. The fourth-order valence-corrected chi connectivity index (χ4v) is 3.12. The van der Waals surface area contributed by atoms with Crippen LogP contribution in [0.25, 0.3) is 11.1 Å². The monoisotopic (exact) mass is 355 g/mol. The van der Waals surface area contributed by atoms with Crippen LogP contribution in [0, 0.1) is 0 Å². The lowest BCUT2D eigenvalue weighted by Gasteiger charge is -2.11. The van der Waals surface area contributed by atoms with Gasteiger partial charge in [-0.1, -0.05) is 78.9 Å². The van der Waals surface area contributed by atoms with Crippen LogP contribution in [-0.2, 0) is 13.1 Å². The summed E-state index contributed by atoms with van der Waals surface area (Å²) in [5.74, 6) is 0. The first-order chi connectivity index (χ1) is 11.7. The van der Waals surface area contributed by atoms with Gasteiger partial charge in [0, 0.05) is 13.1 Å². The minimum absolute atomic E-state index is 0.492. The second-order valence-corrected chi connectivity index (χ2v) is 6.76. The lowest BCUT2D eigenvalue weighted by atomic mass is 10.0. The molecule has 122 valence electrons. The summed E-state index contributed by atoms with van der Waals surface area (Å²) < 4.78 is 0. The van der Waals surface area contributed by atoms with Crippen LogP contribution >= 0.6 is 23.2 Å². The van der Waals surface area contributed by atoms with Crippen molar-refractivity contribution in [1.29, 1.82) is 0 Å². The topological polar surface area (TPSA) is 12.0 Å². The van der Waals surface area contributed by atoms with Crippen LogP contribution in [-0.4, -0.2) is 0 Å². The molecule has 3 aromatic carbocycles. The van der Waals surface area contributed by atoms with Crippen molar-refractivity contribution in [2.24, 2.45) is 0 Å². The zero-order valence-electron chi connectivity index (χ0n) is 13.3. The highest BCUT2D eigenvalue weighted by Crippen LogP contribution is 2.27. The molecule has 0 bridgehead atoms. The molecule has 0 aromatic heterocycles. The first kappa shape index (κ1) is 17.0. The van der Waals surface area contributed by atoms with Crippen LogP contribution in [0.4, 0.5) is 0 Å². The fourth-order valence-electron chi connectivity index (χ4n) is 2.70. The number of nitrogens with one attached hydrogen (secondary N) is 1. The van der Waals surface area contributed by atoms with Crippen LogP contribution in [0.3, 0.4) is 0 Å². The Morgan fingerprint density at radius 3 is 2.00 bits per heavy atom. The van der Waals surface area contributed by atoms with Crippen molar-refractivity contribution in [2.75, 3.05) is 0 Å². The molecule has 0 amide bonds. The lowest BCUT2D eigenvalue weighted by molar-refractivity contribution is 0.690. The first-order valence-electron chi connectivity index (χ1n) is 7.95. The molecule has 0 fully saturated rings. The second kappa shape index (κ2) is 8.34. The van der Waals surface area contributed by atoms with E-state index in [9.17, 15) is 0 Å². The van der Waals surface area contributed by atoms with Gasteiger partial charge in [0.25, 0.3) is 0 Å². The summed E-state index contributed by atoms with van der Waals surface area (Å²) >= 11 is 12.0. The van der Waals surface area contributed by atoms with Crippen LogP contribution in [0.5, 0.6) is 0 Å². The third-order valence-electron chi connectivity index (χ3n) is 4.00. The van der Waals surface area contributed by atoms with Crippen molar-refractivity contribution in [2.45, 2.75) is 17.9 Å². The standard InChI is InChI=1S/C21H19Cl2N/c22-21(23)20-9-5-4-8-19(20)15-24-14-16-10-12-18(13-11-16)17-6-2-1-3-7-17/h1-13,21,24H,14-15H2. The summed E-state index contributed by atoms with van der Waals surface area (Å²) in [7, 11) is 0. The Hall–Kier alpha value is -1.80. The fraction of sp³-hybridized carbons (Fsp3) is 0.143. The van der Waals surface area contributed by atoms with E-state index < -0.39 is 4.84 Å². The molecule has 24 heavy (non-hydrogen) atoms. The molecule has 0 aliphatic rings. The summed E-state index contributed by atoms with van der Waals surface area (Å²) in [5, 5.41) is 3.46. The van der Waals surface area contributed by atoms with E-state index in [1.54, 1.807) is 0 Å². The van der Waals surface area contributed by atoms with Gasteiger partial charge in [-0.15, -0.1) is 23.2 Å². The maximum Gasteiger partial charge on any atom is 0.133 e. The van der Waals surface area contributed by atoms with Crippen molar-refractivity contribution >= 4 is 23.2 Å². The SMILES string of the molecule is ClC(Cl)c1ccccc1CNCc1ccc(-c2ccccc2)cc1. The van der Waals surface area contributed by atoms with Crippen LogP contribution in [0.2, 0.25) is 0 Å². The molecule has 1 N–H and O–H groups in total. The summed E-state index contributed by atoms with van der Waals surface area (Å²) in [6.45, 7) is 1.55. The molecule has 0 atom stereocenters. The second-order valence-electron chi connectivity index (χ2n) is 5.67. The van der Waals surface area contributed by atoms with E-state index >= 15 is 0 Å². The highest BCUT2D eigenvalue weighted by atomic mass is 35.5. The molecule has 1 nitrogen and oxygen atoms in total. The molecule has 0 radical (unpaired) electrons. The highest BCUT2D eigenvalue weighted by molar-refractivity contribution is 6.44. The molecule has 3 aromatic rings. The van der Waals surface area contributed by atoms with Gasteiger partial charge in [-0.2, -0.15) is 0 Å².